The fourth-order valence-corrected chi connectivity index (χ4v) is 1.64. The molecule has 0 saturated carbocycles. The largest absolute Gasteiger partial charge is 0.382 e. The maximum Gasteiger partial charge on any atom is 0.0700 e. The minimum atomic E-state index is 0.655. The molecule has 0 amide bonds. The number of rotatable bonds is 9. The Balaban J connectivity index is 2.13. The molecule has 0 bridgehead atoms. The zero-order valence-corrected chi connectivity index (χ0v) is 11.0. The van der Waals surface area contributed by atoms with Gasteiger partial charge in [0.05, 0.1) is 25.5 Å². The van der Waals surface area contributed by atoms with Crippen LogP contribution in [0.3, 0.4) is 0 Å². The van der Waals surface area contributed by atoms with Crippen molar-refractivity contribution in [3.63, 3.8) is 0 Å². The van der Waals surface area contributed by atoms with Gasteiger partial charge in [0, 0.05) is 39.0 Å². The first-order chi connectivity index (χ1) is 8.27. The molecule has 1 aromatic heterocycles. The van der Waals surface area contributed by atoms with Crippen LogP contribution in [0.5, 0.6) is 0 Å². The van der Waals surface area contributed by atoms with Crippen molar-refractivity contribution in [1.82, 2.24) is 15.1 Å². The molecule has 1 N–H and O–H groups in total. The molecule has 0 unspecified atom stereocenters. The number of ether oxygens (including phenoxy) is 2. The zero-order valence-electron chi connectivity index (χ0n) is 11.0. The fraction of sp³-hybridized carbons (Fsp3) is 0.750. The van der Waals surface area contributed by atoms with Gasteiger partial charge in [0.1, 0.15) is 0 Å². The summed E-state index contributed by atoms with van der Waals surface area (Å²) >= 11 is 0. The lowest BCUT2D eigenvalue weighted by atomic mass is 10.2. The standard InChI is InChI=1S/C12H23N3O2/c1-4-12-11(10-15(2)14-12)9-13-5-6-17-8-7-16-3/h10,13H,4-9H2,1-3H3. The van der Waals surface area contributed by atoms with Gasteiger partial charge in [0.2, 0.25) is 0 Å². The van der Waals surface area contributed by atoms with Gasteiger partial charge < -0.3 is 14.8 Å². The van der Waals surface area contributed by atoms with E-state index < -0.39 is 0 Å². The average molecular weight is 241 g/mol. The Morgan fingerprint density at radius 1 is 1.35 bits per heavy atom. The van der Waals surface area contributed by atoms with Crippen molar-refractivity contribution in [2.24, 2.45) is 7.05 Å². The van der Waals surface area contributed by atoms with E-state index in [9.17, 15) is 0 Å². The summed E-state index contributed by atoms with van der Waals surface area (Å²) in [5.41, 5.74) is 2.44. The van der Waals surface area contributed by atoms with Crippen molar-refractivity contribution < 1.29 is 9.47 Å². The van der Waals surface area contributed by atoms with Crippen molar-refractivity contribution in [2.45, 2.75) is 19.9 Å². The van der Waals surface area contributed by atoms with Crippen LogP contribution in [0.1, 0.15) is 18.2 Å². The first kappa shape index (κ1) is 14.2. The molecule has 5 heteroatoms. The lowest BCUT2D eigenvalue weighted by Crippen LogP contribution is -2.20. The maximum atomic E-state index is 5.37. The molecule has 0 radical (unpaired) electrons. The third-order valence-corrected chi connectivity index (χ3v) is 2.50. The Kier molecular flexibility index (Phi) is 6.84. The lowest BCUT2D eigenvalue weighted by molar-refractivity contribution is 0.0719. The summed E-state index contributed by atoms with van der Waals surface area (Å²) in [6.07, 6.45) is 3.04. The smallest absolute Gasteiger partial charge is 0.0700 e. The van der Waals surface area contributed by atoms with Crippen molar-refractivity contribution >= 4 is 0 Å². The predicted octanol–water partition coefficient (Wildman–Crippen LogP) is 0.735. The van der Waals surface area contributed by atoms with Crippen LogP contribution in [0.2, 0.25) is 0 Å². The molecule has 1 aromatic rings. The van der Waals surface area contributed by atoms with E-state index in [2.05, 4.69) is 23.5 Å². The number of methoxy groups -OCH3 is 1. The first-order valence-corrected chi connectivity index (χ1v) is 6.06. The van der Waals surface area contributed by atoms with Gasteiger partial charge in [-0.15, -0.1) is 0 Å². The van der Waals surface area contributed by atoms with Crippen LogP contribution in [-0.4, -0.2) is 43.3 Å². The summed E-state index contributed by atoms with van der Waals surface area (Å²) in [4.78, 5) is 0. The lowest BCUT2D eigenvalue weighted by Gasteiger charge is -2.05. The molecule has 0 atom stereocenters. The van der Waals surface area contributed by atoms with Crippen molar-refractivity contribution in [3.05, 3.63) is 17.5 Å². The summed E-state index contributed by atoms with van der Waals surface area (Å²) in [5.74, 6) is 0. The number of aryl methyl sites for hydroxylation is 2. The first-order valence-electron chi connectivity index (χ1n) is 6.06. The van der Waals surface area contributed by atoms with Gasteiger partial charge in [0.25, 0.3) is 0 Å². The van der Waals surface area contributed by atoms with Crippen molar-refractivity contribution in [2.75, 3.05) is 33.5 Å². The monoisotopic (exact) mass is 241 g/mol. The normalized spacial score (nSPS) is 11.0. The minimum absolute atomic E-state index is 0.655. The van der Waals surface area contributed by atoms with E-state index in [1.165, 1.54) is 11.3 Å². The molecule has 0 aliphatic rings. The third-order valence-electron chi connectivity index (χ3n) is 2.50. The summed E-state index contributed by atoms with van der Waals surface area (Å²) in [6.45, 7) is 5.85. The second-order valence-electron chi connectivity index (χ2n) is 3.91. The Bertz CT molecular complexity index is 313. The highest BCUT2D eigenvalue weighted by Gasteiger charge is 2.04. The van der Waals surface area contributed by atoms with E-state index in [1.807, 2.05) is 11.7 Å². The molecular weight excluding hydrogens is 218 g/mol. The van der Waals surface area contributed by atoms with Gasteiger partial charge in [-0.2, -0.15) is 5.10 Å². The third kappa shape index (κ3) is 5.30. The summed E-state index contributed by atoms with van der Waals surface area (Å²) in [6, 6.07) is 0. The van der Waals surface area contributed by atoms with Crippen molar-refractivity contribution in [1.29, 1.82) is 0 Å². The van der Waals surface area contributed by atoms with Crippen molar-refractivity contribution in [3.8, 4) is 0 Å². The number of hydrogen-bond donors (Lipinski definition) is 1. The molecular formula is C12H23N3O2. The molecule has 0 fully saturated rings. The molecule has 5 nitrogen and oxygen atoms in total. The molecule has 17 heavy (non-hydrogen) atoms. The van der Waals surface area contributed by atoms with Crippen LogP contribution in [0.15, 0.2) is 6.20 Å². The Hall–Kier alpha value is -0.910. The topological polar surface area (TPSA) is 48.3 Å². The highest BCUT2D eigenvalue weighted by Crippen LogP contribution is 2.06. The van der Waals surface area contributed by atoms with Gasteiger partial charge in [0.15, 0.2) is 0 Å². The number of aromatic nitrogens is 2. The minimum Gasteiger partial charge on any atom is -0.382 e. The van der Waals surface area contributed by atoms with E-state index in [1.54, 1.807) is 7.11 Å². The molecule has 0 saturated heterocycles. The predicted molar refractivity (Wildman–Crippen MR) is 67.0 cm³/mol. The quantitative estimate of drug-likeness (QED) is 0.648. The van der Waals surface area contributed by atoms with Crippen LogP contribution in [0.4, 0.5) is 0 Å². The summed E-state index contributed by atoms with van der Waals surface area (Å²) in [5, 5.41) is 7.74. The van der Waals surface area contributed by atoms with Gasteiger partial charge in [-0.05, 0) is 6.42 Å². The number of hydrogen-bond acceptors (Lipinski definition) is 4. The molecule has 0 aliphatic heterocycles. The molecule has 1 heterocycles. The molecule has 0 spiro atoms. The van der Waals surface area contributed by atoms with Gasteiger partial charge >= 0.3 is 0 Å². The number of nitrogens with zero attached hydrogens (tertiary/aromatic N) is 2. The van der Waals surface area contributed by atoms with E-state index >= 15 is 0 Å². The highest BCUT2D eigenvalue weighted by molar-refractivity contribution is 5.16. The summed E-state index contributed by atoms with van der Waals surface area (Å²) in [7, 11) is 3.63. The van der Waals surface area contributed by atoms with Crippen LogP contribution >= 0.6 is 0 Å². The second-order valence-corrected chi connectivity index (χ2v) is 3.91. The Labute approximate surface area is 103 Å². The molecule has 0 aliphatic carbocycles. The van der Waals surface area contributed by atoms with Crippen LogP contribution in [0.25, 0.3) is 0 Å². The summed E-state index contributed by atoms with van der Waals surface area (Å²) < 4.78 is 12.1. The average Bonchev–Trinajstić information content (AvgIpc) is 2.68. The fourth-order valence-electron chi connectivity index (χ4n) is 1.64. The Morgan fingerprint density at radius 3 is 2.88 bits per heavy atom. The Morgan fingerprint density at radius 2 is 2.18 bits per heavy atom. The second kappa shape index (κ2) is 8.22. The van der Waals surface area contributed by atoms with Gasteiger partial charge in [-0.1, -0.05) is 6.92 Å². The zero-order chi connectivity index (χ0) is 12.5. The van der Waals surface area contributed by atoms with E-state index in [4.69, 9.17) is 9.47 Å². The van der Waals surface area contributed by atoms with Gasteiger partial charge in [-0.25, -0.2) is 0 Å². The van der Waals surface area contributed by atoms with E-state index in [0.717, 1.165) is 19.5 Å². The van der Waals surface area contributed by atoms with E-state index in [-0.39, 0.29) is 0 Å². The van der Waals surface area contributed by atoms with Crippen LogP contribution in [0, 0.1) is 0 Å². The molecule has 98 valence electrons. The molecule has 0 aromatic carbocycles. The van der Waals surface area contributed by atoms with Gasteiger partial charge in [-0.3, -0.25) is 4.68 Å². The van der Waals surface area contributed by atoms with E-state index in [0.29, 0.717) is 19.8 Å². The SMILES string of the molecule is CCc1nn(C)cc1CNCCOCCOC. The number of nitrogens with one attached hydrogen (secondary N) is 1. The molecule has 1 rings (SSSR count). The van der Waals surface area contributed by atoms with Crippen LogP contribution < -0.4 is 5.32 Å². The highest BCUT2D eigenvalue weighted by atomic mass is 16.5. The van der Waals surface area contributed by atoms with Crippen LogP contribution in [-0.2, 0) is 29.5 Å². The maximum absolute atomic E-state index is 5.37.